The maximum absolute atomic E-state index is 13.8. The van der Waals surface area contributed by atoms with Gasteiger partial charge in [-0.1, -0.05) is 109 Å². The smallest absolute Gasteiger partial charge is 0.351 e. The number of aryl methyl sites for hydroxylation is 1. The minimum atomic E-state index is -1.28. The van der Waals surface area contributed by atoms with Crippen molar-refractivity contribution in [2.24, 2.45) is 17.8 Å². The highest BCUT2D eigenvalue weighted by molar-refractivity contribution is 6.06. The number of hydrogen-bond donors (Lipinski definition) is 5. The number of carboxylic acid groups (broad SMARTS) is 1. The van der Waals surface area contributed by atoms with Gasteiger partial charge < -0.3 is 29.7 Å². The van der Waals surface area contributed by atoms with Crippen LogP contribution in [0.1, 0.15) is 72.5 Å². The lowest BCUT2D eigenvalue weighted by Gasteiger charge is -2.35. The number of aliphatic hydroxyl groups is 2. The van der Waals surface area contributed by atoms with Crippen molar-refractivity contribution >= 4 is 34.7 Å². The number of pyridine rings is 2. The zero-order valence-corrected chi connectivity index (χ0v) is 41.8. The molecular weight excluding hydrogens is 961 g/mol. The van der Waals surface area contributed by atoms with Crippen LogP contribution in [0.3, 0.4) is 0 Å². The van der Waals surface area contributed by atoms with Crippen molar-refractivity contribution in [3.8, 4) is 16.9 Å². The van der Waals surface area contributed by atoms with E-state index in [0.29, 0.717) is 42.3 Å². The van der Waals surface area contributed by atoms with Gasteiger partial charge in [0.05, 0.1) is 30.6 Å². The van der Waals surface area contributed by atoms with E-state index in [4.69, 9.17) is 9.52 Å². The number of carbonyl (C=O) groups is 4. The van der Waals surface area contributed by atoms with Crippen molar-refractivity contribution < 1.29 is 44.0 Å². The number of imide groups is 1. The number of allylic oxidation sites excluding steroid dienone is 1. The summed E-state index contributed by atoms with van der Waals surface area (Å²) in [4.78, 5) is 72.7. The Hall–Kier alpha value is -8.85. The Kier molecular flexibility index (Phi) is 15.8. The van der Waals surface area contributed by atoms with Crippen molar-refractivity contribution in [1.29, 1.82) is 0 Å². The summed E-state index contributed by atoms with van der Waals surface area (Å²) >= 11 is 0. The number of aliphatic hydroxyl groups excluding tert-OH is 2. The Bertz CT molecular complexity index is 3460. The molecule has 14 heteroatoms. The average molecular weight is 1020 g/mol. The number of carboxylic acids is 1. The number of carbonyl (C=O) groups excluding carboxylic acids is 3. The predicted molar refractivity (Wildman–Crippen MR) is 286 cm³/mol. The first-order valence-corrected chi connectivity index (χ1v) is 25.0. The minimum Gasteiger partial charge on any atom is -0.508 e. The second kappa shape index (κ2) is 23.1. The highest BCUT2D eigenvalue weighted by Crippen LogP contribution is 2.54. The van der Waals surface area contributed by atoms with Crippen molar-refractivity contribution in [2.45, 2.75) is 51.2 Å². The van der Waals surface area contributed by atoms with Crippen LogP contribution in [0.2, 0.25) is 0 Å². The highest BCUT2D eigenvalue weighted by Gasteiger charge is 2.57. The molecule has 0 saturated carbocycles. The van der Waals surface area contributed by atoms with Gasteiger partial charge in [-0.15, -0.1) is 0 Å². The first-order valence-electron chi connectivity index (χ1n) is 25.0. The van der Waals surface area contributed by atoms with Gasteiger partial charge in [0.2, 0.25) is 11.8 Å². The minimum absolute atomic E-state index is 0.0640. The van der Waals surface area contributed by atoms with Crippen molar-refractivity contribution in [1.82, 2.24) is 20.2 Å². The fourth-order valence-corrected chi connectivity index (χ4v) is 10.8. The van der Waals surface area contributed by atoms with E-state index in [1.165, 1.54) is 18.2 Å². The number of amides is 3. The molecule has 5 N–H and O–H groups in total. The zero-order valence-electron chi connectivity index (χ0n) is 41.8. The molecule has 14 nitrogen and oxygen atoms in total. The number of fused-ring (bicyclic) bond motifs is 4. The number of aromatic nitrogens is 2. The third-order valence-electron chi connectivity index (χ3n) is 14.7. The molecule has 11 rings (SSSR count). The molecular formula is C62H56N4O10. The van der Waals surface area contributed by atoms with Crippen molar-refractivity contribution in [3.05, 3.63) is 243 Å². The lowest BCUT2D eigenvalue weighted by Crippen LogP contribution is -2.37. The molecule has 5 aromatic carbocycles. The van der Waals surface area contributed by atoms with Gasteiger partial charge in [0, 0.05) is 60.5 Å². The summed E-state index contributed by atoms with van der Waals surface area (Å²) in [6.45, 7) is 4.14. The summed E-state index contributed by atoms with van der Waals surface area (Å²) in [5.41, 5.74) is 9.64. The third-order valence-corrected chi connectivity index (χ3v) is 14.7. The molecule has 6 unspecified atom stereocenters. The molecule has 0 radical (unpaired) electrons. The Balaban J connectivity index is 0.000000151. The van der Waals surface area contributed by atoms with E-state index in [9.17, 15) is 39.3 Å². The van der Waals surface area contributed by atoms with E-state index in [-0.39, 0.29) is 47.5 Å². The largest absolute Gasteiger partial charge is 0.508 e. The zero-order chi connectivity index (χ0) is 53.5. The molecule has 0 bridgehead atoms. The van der Waals surface area contributed by atoms with Gasteiger partial charge in [0.15, 0.2) is 0 Å². The summed E-state index contributed by atoms with van der Waals surface area (Å²) < 4.78 is 5.22. The van der Waals surface area contributed by atoms with Crippen LogP contribution in [-0.2, 0) is 22.4 Å². The number of rotatable bonds is 11. The molecule has 384 valence electrons. The van der Waals surface area contributed by atoms with Gasteiger partial charge in [-0.25, -0.2) is 9.59 Å². The average Bonchev–Trinajstić information content (AvgIpc) is 3.98. The molecule has 6 atom stereocenters. The topological polar surface area (TPSA) is 220 Å². The molecule has 1 aliphatic carbocycles. The van der Waals surface area contributed by atoms with Crippen LogP contribution in [0.15, 0.2) is 197 Å². The van der Waals surface area contributed by atoms with Crippen LogP contribution in [0.25, 0.3) is 22.1 Å². The molecule has 2 fully saturated rings. The fourth-order valence-electron chi connectivity index (χ4n) is 10.8. The first-order chi connectivity index (χ1) is 36.8. The number of benzene rings is 5. The molecule has 3 amide bonds. The van der Waals surface area contributed by atoms with Crippen LogP contribution in [0.4, 0.5) is 0 Å². The summed E-state index contributed by atoms with van der Waals surface area (Å²) in [7, 11) is 0. The second-order valence-corrected chi connectivity index (χ2v) is 19.3. The number of nitrogens with zero attached hydrogens (tertiary/aromatic N) is 3. The van der Waals surface area contributed by atoms with Gasteiger partial charge in [-0.05, 0) is 125 Å². The number of hydrogen-bond acceptors (Lipinski definition) is 11. The molecule has 2 saturated heterocycles. The molecule has 2 aliphatic heterocycles. The number of aromatic hydroxyl groups is 1. The Morgan fingerprint density at radius 2 is 1.38 bits per heavy atom. The third kappa shape index (κ3) is 11.1. The highest BCUT2D eigenvalue weighted by atomic mass is 16.4. The number of aromatic carboxylic acids is 1. The lowest BCUT2D eigenvalue weighted by atomic mass is 9.67. The Morgan fingerprint density at radius 1 is 0.750 bits per heavy atom. The Labute approximate surface area is 438 Å². The van der Waals surface area contributed by atoms with Gasteiger partial charge in [-0.2, -0.15) is 0 Å². The van der Waals surface area contributed by atoms with Gasteiger partial charge in [-0.3, -0.25) is 29.7 Å². The first kappa shape index (κ1) is 52.0. The number of likely N-dealkylation sites (tertiary alicyclic amines) is 1. The monoisotopic (exact) mass is 1020 g/mol. The standard InChI is InChI=1S/C29H25N3O4.C18H14O4.C15H17NO2/c33-21-10-8-19(9-11-21)29(36)32-16-23-20(13-17-5-4-12-30-15-17)14-22-25(28(35)31-27(22)34)24(23)26(32)18-6-2-1-3-7-18;1-10-11(2)16-13(9-15(17(19)20)18(21)22-16)8-14(10)12-6-4-3-5-7-12;17-11-14(13-6-2-1-3-7-13)15(18)9-12-5-4-8-16-10-12/h1-12,15,22,24-26,33H,13-14,16H2,(H,31,34,35);3-9H,1-2H3,(H,19,20);1-8,10,14-15,17-18H,9,11H2. The van der Waals surface area contributed by atoms with Crippen molar-refractivity contribution in [3.63, 3.8) is 0 Å². The quantitative estimate of drug-likeness (QED) is 0.0466. The van der Waals surface area contributed by atoms with Gasteiger partial charge >= 0.3 is 11.6 Å². The number of phenolic OH excluding ortho intramolecular Hbond substituents is 1. The maximum Gasteiger partial charge on any atom is 0.351 e. The molecule has 3 aliphatic rings. The van der Waals surface area contributed by atoms with E-state index in [1.54, 1.807) is 30.7 Å². The summed E-state index contributed by atoms with van der Waals surface area (Å²) in [6.07, 6.45) is 7.98. The predicted octanol–water partition coefficient (Wildman–Crippen LogP) is 8.97. The fraction of sp³-hybridized carbons (Fsp3) is 0.210. The van der Waals surface area contributed by atoms with Crippen molar-refractivity contribution in [2.75, 3.05) is 13.2 Å². The lowest BCUT2D eigenvalue weighted by molar-refractivity contribution is -0.126. The summed E-state index contributed by atoms with van der Waals surface area (Å²) in [5.74, 6) is -3.39. The van der Waals surface area contributed by atoms with E-state index < -0.39 is 35.6 Å². The Morgan fingerprint density at radius 3 is 2.00 bits per heavy atom. The van der Waals surface area contributed by atoms with E-state index in [1.807, 2.05) is 146 Å². The normalized spacial score (nSPS) is 18.3. The second-order valence-electron chi connectivity index (χ2n) is 19.3. The SMILES string of the molecule is Cc1c(-c2ccccc2)cc2cc(C(=O)O)c(=O)oc2c1C.O=C1NC(=O)C2C1CC(Cc1cccnc1)=C1CN(C(=O)c3ccc(O)cc3)C(c3ccccc3)C12.OCC(c1ccccc1)C(O)Cc1cccnc1. The van der Waals surface area contributed by atoms with Gasteiger partial charge in [0.1, 0.15) is 16.9 Å². The van der Waals surface area contributed by atoms with Crippen LogP contribution in [0.5, 0.6) is 5.75 Å². The molecule has 3 aromatic heterocycles. The van der Waals surface area contributed by atoms with E-state index >= 15 is 0 Å². The molecule has 0 spiro atoms. The van der Waals surface area contributed by atoms with Crippen LogP contribution < -0.4 is 10.9 Å². The van der Waals surface area contributed by atoms with Crippen LogP contribution >= 0.6 is 0 Å². The van der Waals surface area contributed by atoms with Crippen LogP contribution in [0, 0.1) is 31.6 Å². The molecule has 76 heavy (non-hydrogen) atoms. The number of phenols is 1. The van der Waals surface area contributed by atoms with Gasteiger partial charge in [0.25, 0.3) is 5.91 Å². The summed E-state index contributed by atoms with van der Waals surface area (Å²) in [5, 5.41) is 41.6. The molecule has 8 aromatic rings. The van der Waals surface area contributed by atoms with Crippen LogP contribution in [-0.4, -0.2) is 78.2 Å². The van der Waals surface area contributed by atoms with E-state index in [2.05, 4.69) is 15.3 Å². The molecule has 5 heterocycles. The maximum atomic E-state index is 13.8. The van der Waals surface area contributed by atoms with E-state index in [0.717, 1.165) is 55.7 Å². The summed E-state index contributed by atoms with van der Waals surface area (Å²) in [6, 6.07) is 45.9. The number of nitrogens with one attached hydrogen (secondary N) is 1.